The van der Waals surface area contributed by atoms with Crippen molar-refractivity contribution in [1.82, 2.24) is 5.32 Å². The quantitative estimate of drug-likeness (QED) is 0.329. The predicted octanol–water partition coefficient (Wildman–Crippen LogP) is 2.13. The molecular formula is C21H28N4O3. The Morgan fingerprint density at radius 1 is 1.14 bits per heavy atom. The van der Waals surface area contributed by atoms with Crippen molar-refractivity contribution in [1.29, 1.82) is 0 Å². The number of nitrogens with two attached hydrogens (primary N) is 3. The highest BCUT2D eigenvalue weighted by Crippen LogP contribution is 2.38. The lowest BCUT2D eigenvalue weighted by atomic mass is 9.98. The van der Waals surface area contributed by atoms with E-state index in [-0.39, 0.29) is 11.6 Å². The van der Waals surface area contributed by atoms with Crippen molar-refractivity contribution >= 4 is 17.7 Å². The molecule has 2 aromatic rings. The van der Waals surface area contributed by atoms with E-state index < -0.39 is 0 Å². The molecule has 0 aliphatic heterocycles. The summed E-state index contributed by atoms with van der Waals surface area (Å²) in [7, 11) is 4.68. The summed E-state index contributed by atoms with van der Waals surface area (Å²) in [5.41, 5.74) is 19.4. The molecule has 7 nitrogen and oxygen atoms in total. The molecule has 28 heavy (non-hydrogen) atoms. The molecule has 2 aromatic carbocycles. The Bertz CT molecular complexity index is 848. The molecule has 0 heterocycles. The molecule has 0 fully saturated rings. The molecule has 7 heteroatoms. The molecule has 0 aromatic heterocycles. The SMILES string of the molecule is C=CCNC(=O)/C(N)=C/c1cccc(-c2cc(OC)ccc2OC)c1N.CN. The minimum absolute atomic E-state index is 0.0632. The molecule has 0 unspecified atom stereocenters. The van der Waals surface area contributed by atoms with Gasteiger partial charge in [0.05, 0.1) is 19.9 Å². The summed E-state index contributed by atoms with van der Waals surface area (Å²) in [5, 5.41) is 2.62. The maximum absolute atomic E-state index is 11.9. The van der Waals surface area contributed by atoms with Crippen molar-refractivity contribution in [2.75, 3.05) is 33.5 Å². The number of carbonyl (C=O) groups is 1. The van der Waals surface area contributed by atoms with Gasteiger partial charge in [0.2, 0.25) is 0 Å². The Morgan fingerprint density at radius 2 is 1.86 bits per heavy atom. The number of methoxy groups -OCH3 is 2. The van der Waals surface area contributed by atoms with E-state index in [1.807, 2.05) is 30.3 Å². The summed E-state index contributed by atoms with van der Waals surface area (Å²) >= 11 is 0. The van der Waals surface area contributed by atoms with E-state index in [0.717, 1.165) is 11.1 Å². The fourth-order valence-electron chi connectivity index (χ4n) is 2.47. The van der Waals surface area contributed by atoms with Gasteiger partial charge in [-0.05, 0) is 31.3 Å². The van der Waals surface area contributed by atoms with Crippen LogP contribution in [0.5, 0.6) is 11.5 Å². The number of hydrogen-bond acceptors (Lipinski definition) is 6. The van der Waals surface area contributed by atoms with Gasteiger partial charge >= 0.3 is 0 Å². The summed E-state index contributed by atoms with van der Waals surface area (Å²) in [6.45, 7) is 3.89. The van der Waals surface area contributed by atoms with E-state index in [1.54, 1.807) is 32.4 Å². The first-order valence-electron chi connectivity index (χ1n) is 8.56. The number of amides is 1. The van der Waals surface area contributed by atoms with E-state index in [0.29, 0.717) is 29.3 Å². The van der Waals surface area contributed by atoms with Crippen LogP contribution in [-0.4, -0.2) is 33.7 Å². The van der Waals surface area contributed by atoms with Gasteiger partial charge in [-0.2, -0.15) is 0 Å². The first-order valence-corrected chi connectivity index (χ1v) is 8.56. The monoisotopic (exact) mass is 384 g/mol. The van der Waals surface area contributed by atoms with Gasteiger partial charge < -0.3 is 32.0 Å². The molecule has 0 aliphatic carbocycles. The van der Waals surface area contributed by atoms with Crippen LogP contribution in [0.25, 0.3) is 17.2 Å². The third-order valence-electron chi connectivity index (χ3n) is 3.82. The number of nitrogen functional groups attached to an aromatic ring is 1. The van der Waals surface area contributed by atoms with Crippen LogP contribution in [0.2, 0.25) is 0 Å². The predicted molar refractivity (Wildman–Crippen MR) is 115 cm³/mol. The number of benzene rings is 2. The fourth-order valence-corrected chi connectivity index (χ4v) is 2.47. The summed E-state index contributed by atoms with van der Waals surface area (Å²) in [6.07, 6.45) is 3.12. The van der Waals surface area contributed by atoms with Crippen LogP contribution < -0.4 is 32.0 Å². The van der Waals surface area contributed by atoms with Gasteiger partial charge in [-0.15, -0.1) is 6.58 Å². The molecule has 0 bridgehead atoms. The van der Waals surface area contributed by atoms with Gasteiger partial charge in [-0.25, -0.2) is 0 Å². The van der Waals surface area contributed by atoms with Crippen molar-refractivity contribution in [3.8, 4) is 22.6 Å². The molecule has 0 atom stereocenters. The van der Waals surface area contributed by atoms with E-state index in [4.69, 9.17) is 20.9 Å². The van der Waals surface area contributed by atoms with Crippen LogP contribution in [-0.2, 0) is 4.79 Å². The van der Waals surface area contributed by atoms with Crippen LogP contribution >= 0.6 is 0 Å². The largest absolute Gasteiger partial charge is 0.497 e. The minimum Gasteiger partial charge on any atom is -0.497 e. The lowest BCUT2D eigenvalue weighted by Gasteiger charge is -2.14. The maximum atomic E-state index is 11.9. The molecule has 0 radical (unpaired) electrons. The highest BCUT2D eigenvalue weighted by atomic mass is 16.5. The number of ether oxygens (including phenoxy) is 2. The van der Waals surface area contributed by atoms with Crippen molar-refractivity contribution in [3.05, 3.63) is 60.3 Å². The number of rotatable bonds is 7. The lowest BCUT2D eigenvalue weighted by Crippen LogP contribution is -2.28. The summed E-state index contributed by atoms with van der Waals surface area (Å²) < 4.78 is 10.7. The van der Waals surface area contributed by atoms with Gasteiger partial charge in [0.25, 0.3) is 5.91 Å². The summed E-state index contributed by atoms with van der Waals surface area (Å²) in [4.78, 5) is 11.9. The van der Waals surface area contributed by atoms with E-state index in [2.05, 4.69) is 17.6 Å². The molecule has 1 amide bonds. The highest BCUT2D eigenvalue weighted by Gasteiger charge is 2.13. The number of carbonyl (C=O) groups excluding carboxylic acids is 1. The second-order valence-corrected chi connectivity index (χ2v) is 5.47. The van der Waals surface area contributed by atoms with Gasteiger partial charge in [-0.1, -0.05) is 24.3 Å². The number of nitrogens with one attached hydrogen (secondary N) is 1. The van der Waals surface area contributed by atoms with Gasteiger partial charge in [-0.3, -0.25) is 4.79 Å². The number of hydrogen-bond donors (Lipinski definition) is 4. The Morgan fingerprint density at radius 3 is 2.46 bits per heavy atom. The topological polar surface area (TPSA) is 126 Å². The zero-order chi connectivity index (χ0) is 21.1. The molecule has 2 rings (SSSR count). The average molecular weight is 384 g/mol. The van der Waals surface area contributed by atoms with Crippen LogP contribution in [0.15, 0.2) is 54.8 Å². The minimum atomic E-state index is -0.381. The van der Waals surface area contributed by atoms with Gasteiger partial charge in [0, 0.05) is 28.9 Å². The fraction of sp³-hybridized carbons (Fsp3) is 0.190. The Hall–Kier alpha value is -3.45. The van der Waals surface area contributed by atoms with E-state index in [9.17, 15) is 4.79 Å². The van der Waals surface area contributed by atoms with Crippen LogP contribution in [0.4, 0.5) is 5.69 Å². The van der Waals surface area contributed by atoms with Crippen molar-refractivity contribution in [2.24, 2.45) is 11.5 Å². The smallest absolute Gasteiger partial charge is 0.267 e. The molecule has 7 N–H and O–H groups in total. The lowest BCUT2D eigenvalue weighted by molar-refractivity contribution is -0.117. The van der Waals surface area contributed by atoms with Crippen LogP contribution in [0, 0.1) is 0 Å². The first-order chi connectivity index (χ1) is 13.5. The third-order valence-corrected chi connectivity index (χ3v) is 3.82. The van der Waals surface area contributed by atoms with Crippen LogP contribution in [0.3, 0.4) is 0 Å². The molecular weight excluding hydrogens is 356 g/mol. The Labute approximate surface area is 165 Å². The molecule has 0 saturated heterocycles. The molecule has 0 saturated carbocycles. The Kier molecular flexibility index (Phi) is 9.12. The third kappa shape index (κ3) is 5.52. The van der Waals surface area contributed by atoms with E-state index >= 15 is 0 Å². The van der Waals surface area contributed by atoms with Crippen molar-refractivity contribution in [2.45, 2.75) is 0 Å². The second kappa shape index (κ2) is 11.3. The molecule has 0 spiro atoms. The first kappa shape index (κ1) is 22.6. The standard InChI is InChI=1S/C20H23N3O3.CH5N/c1-4-10-23-20(24)17(21)11-13-6-5-7-15(19(13)22)16-12-14(25-2)8-9-18(16)26-3;1-2/h4-9,11-12H,1,10,21-22H2,2-3H3,(H,23,24);2H2,1H3/b17-11-;. The number of anilines is 1. The van der Waals surface area contributed by atoms with Gasteiger partial charge in [0.1, 0.15) is 11.5 Å². The summed E-state index contributed by atoms with van der Waals surface area (Å²) in [5.74, 6) is 0.966. The zero-order valence-corrected chi connectivity index (χ0v) is 16.5. The zero-order valence-electron chi connectivity index (χ0n) is 16.5. The van der Waals surface area contributed by atoms with E-state index in [1.165, 1.54) is 7.05 Å². The average Bonchev–Trinajstić information content (AvgIpc) is 2.74. The second-order valence-electron chi connectivity index (χ2n) is 5.47. The highest BCUT2D eigenvalue weighted by molar-refractivity contribution is 5.98. The number of para-hydroxylation sites is 1. The van der Waals surface area contributed by atoms with Crippen LogP contribution in [0.1, 0.15) is 5.56 Å². The summed E-state index contributed by atoms with van der Waals surface area (Å²) in [6, 6.07) is 11.0. The Balaban J connectivity index is 0.00000190. The van der Waals surface area contributed by atoms with Gasteiger partial charge in [0.15, 0.2) is 0 Å². The normalized spacial score (nSPS) is 10.4. The van der Waals surface area contributed by atoms with Crippen molar-refractivity contribution < 1.29 is 14.3 Å². The van der Waals surface area contributed by atoms with Crippen molar-refractivity contribution in [3.63, 3.8) is 0 Å². The molecule has 150 valence electrons. The maximum Gasteiger partial charge on any atom is 0.267 e. The molecule has 0 aliphatic rings.